The van der Waals surface area contributed by atoms with Gasteiger partial charge < -0.3 is 10.3 Å². The van der Waals surface area contributed by atoms with Gasteiger partial charge in [0.1, 0.15) is 10.7 Å². The zero-order valence-corrected chi connectivity index (χ0v) is 17.3. The fraction of sp³-hybridized carbons (Fsp3) is 0.381. The van der Waals surface area contributed by atoms with Gasteiger partial charge in [-0.15, -0.1) is 11.3 Å². The second-order valence-corrected chi connectivity index (χ2v) is 9.16. The predicted octanol–water partition coefficient (Wildman–Crippen LogP) is 3.80. The van der Waals surface area contributed by atoms with Gasteiger partial charge in [-0.2, -0.15) is 11.8 Å². The fourth-order valence-corrected chi connectivity index (χ4v) is 5.58. The zero-order valence-electron chi connectivity index (χ0n) is 15.6. The molecule has 1 amide bonds. The molecule has 1 aliphatic rings. The van der Waals surface area contributed by atoms with Crippen LogP contribution < -0.4 is 10.9 Å². The van der Waals surface area contributed by atoms with Crippen LogP contribution in [-0.4, -0.2) is 21.6 Å². The summed E-state index contributed by atoms with van der Waals surface area (Å²) >= 11 is 3.29. The number of aromatic amines is 1. The first-order valence-corrected chi connectivity index (χ1v) is 11.6. The number of carbonyl (C=O) groups is 1. The highest BCUT2D eigenvalue weighted by Gasteiger charge is 2.19. The van der Waals surface area contributed by atoms with E-state index in [-0.39, 0.29) is 11.5 Å². The van der Waals surface area contributed by atoms with E-state index in [1.54, 1.807) is 23.1 Å². The van der Waals surface area contributed by atoms with Gasteiger partial charge in [0.05, 0.1) is 11.1 Å². The summed E-state index contributed by atoms with van der Waals surface area (Å²) in [5.74, 6) is 2.05. The van der Waals surface area contributed by atoms with Crippen molar-refractivity contribution in [1.29, 1.82) is 0 Å². The van der Waals surface area contributed by atoms with E-state index < -0.39 is 0 Å². The molecule has 0 radical (unpaired) electrons. The van der Waals surface area contributed by atoms with Crippen molar-refractivity contribution in [2.24, 2.45) is 0 Å². The molecular formula is C21H23N3O2S2. The normalized spacial score (nSPS) is 13.4. The number of thioether (sulfide) groups is 1. The standard InChI is InChI=1S/C21H23N3O2S2/c25-18(22-12-14-6-2-1-3-7-14)10-11-27-13-17-23-20(26)19-15-8-4-5-9-16(15)28-21(19)24-17/h1-3,6-7H,4-5,8-13H2,(H,22,25)(H,23,24,26). The molecule has 5 nitrogen and oxygen atoms in total. The summed E-state index contributed by atoms with van der Waals surface area (Å²) in [6, 6.07) is 9.88. The van der Waals surface area contributed by atoms with Crippen LogP contribution >= 0.6 is 23.1 Å². The van der Waals surface area contributed by atoms with Crippen molar-refractivity contribution < 1.29 is 4.79 Å². The molecule has 0 saturated heterocycles. The third-order valence-corrected chi connectivity index (χ3v) is 7.07. The largest absolute Gasteiger partial charge is 0.352 e. The minimum Gasteiger partial charge on any atom is -0.352 e. The van der Waals surface area contributed by atoms with Crippen molar-refractivity contribution in [2.75, 3.05) is 5.75 Å². The molecule has 0 aliphatic heterocycles. The number of hydrogen-bond acceptors (Lipinski definition) is 5. The highest BCUT2D eigenvalue weighted by molar-refractivity contribution is 7.98. The van der Waals surface area contributed by atoms with Crippen LogP contribution in [0.3, 0.4) is 0 Å². The topological polar surface area (TPSA) is 74.8 Å². The molecule has 2 aromatic heterocycles. The maximum absolute atomic E-state index is 12.5. The number of aromatic nitrogens is 2. The Labute approximate surface area is 172 Å². The van der Waals surface area contributed by atoms with E-state index in [9.17, 15) is 9.59 Å². The second kappa shape index (κ2) is 8.92. The number of rotatable bonds is 7. The molecule has 7 heteroatoms. The van der Waals surface area contributed by atoms with Crippen LogP contribution in [0, 0.1) is 0 Å². The van der Waals surface area contributed by atoms with E-state index in [1.807, 2.05) is 30.3 Å². The number of carbonyl (C=O) groups excluding carboxylic acids is 1. The number of nitrogens with one attached hydrogen (secondary N) is 2. The van der Waals surface area contributed by atoms with Crippen molar-refractivity contribution in [3.8, 4) is 0 Å². The number of hydrogen-bond donors (Lipinski definition) is 2. The Morgan fingerprint density at radius 1 is 1.21 bits per heavy atom. The molecule has 28 heavy (non-hydrogen) atoms. The molecule has 0 bridgehead atoms. The summed E-state index contributed by atoms with van der Waals surface area (Å²) in [7, 11) is 0. The van der Waals surface area contributed by atoms with E-state index >= 15 is 0 Å². The average Bonchev–Trinajstić information content (AvgIpc) is 3.09. The average molecular weight is 414 g/mol. The summed E-state index contributed by atoms with van der Waals surface area (Å²) in [6.07, 6.45) is 4.87. The van der Waals surface area contributed by atoms with E-state index in [2.05, 4.69) is 15.3 Å². The molecule has 2 heterocycles. The Bertz CT molecular complexity index is 1030. The van der Waals surface area contributed by atoms with E-state index in [4.69, 9.17) is 0 Å². The summed E-state index contributed by atoms with van der Waals surface area (Å²) < 4.78 is 0. The predicted molar refractivity (Wildman–Crippen MR) is 116 cm³/mol. The highest BCUT2D eigenvalue weighted by Crippen LogP contribution is 2.33. The van der Waals surface area contributed by atoms with Gasteiger partial charge in [0, 0.05) is 23.6 Å². The molecule has 0 spiro atoms. The van der Waals surface area contributed by atoms with Crippen molar-refractivity contribution in [3.63, 3.8) is 0 Å². The number of benzene rings is 1. The lowest BCUT2D eigenvalue weighted by atomic mass is 9.97. The quantitative estimate of drug-likeness (QED) is 0.578. The molecule has 3 aromatic rings. The van der Waals surface area contributed by atoms with Crippen LogP contribution in [0.25, 0.3) is 10.2 Å². The Morgan fingerprint density at radius 3 is 2.89 bits per heavy atom. The van der Waals surface area contributed by atoms with Gasteiger partial charge in [-0.3, -0.25) is 9.59 Å². The highest BCUT2D eigenvalue weighted by atomic mass is 32.2. The SMILES string of the molecule is O=C(CCSCc1nc2sc3c(c2c(=O)[nH]1)CCCC3)NCc1ccccc1. The van der Waals surface area contributed by atoms with Crippen molar-refractivity contribution in [1.82, 2.24) is 15.3 Å². The van der Waals surface area contributed by atoms with Crippen LogP contribution in [0.5, 0.6) is 0 Å². The Kier molecular flexibility index (Phi) is 6.12. The smallest absolute Gasteiger partial charge is 0.259 e. The lowest BCUT2D eigenvalue weighted by Crippen LogP contribution is -2.23. The number of nitrogens with zero attached hydrogens (tertiary/aromatic N) is 1. The molecule has 4 rings (SSSR count). The number of amides is 1. The van der Waals surface area contributed by atoms with Crippen molar-refractivity contribution in [3.05, 3.63) is 62.5 Å². The summed E-state index contributed by atoms with van der Waals surface area (Å²) in [5.41, 5.74) is 2.30. The third-order valence-electron chi connectivity index (χ3n) is 4.92. The molecule has 0 unspecified atom stereocenters. The van der Waals surface area contributed by atoms with Crippen LogP contribution in [0.4, 0.5) is 0 Å². The van der Waals surface area contributed by atoms with Crippen molar-refractivity contribution >= 4 is 39.2 Å². The van der Waals surface area contributed by atoms with Gasteiger partial charge in [-0.05, 0) is 36.8 Å². The number of H-pyrrole nitrogens is 1. The maximum atomic E-state index is 12.5. The number of thiophene rings is 1. The van der Waals surface area contributed by atoms with Crippen LogP contribution in [0.15, 0.2) is 35.1 Å². The molecule has 0 atom stereocenters. The van der Waals surface area contributed by atoms with E-state index in [0.29, 0.717) is 30.3 Å². The molecular weight excluding hydrogens is 390 g/mol. The van der Waals surface area contributed by atoms with Gasteiger partial charge in [0.25, 0.3) is 5.56 Å². The first-order chi connectivity index (χ1) is 13.7. The lowest BCUT2D eigenvalue weighted by Gasteiger charge is -2.09. The Morgan fingerprint density at radius 2 is 2.04 bits per heavy atom. The van der Waals surface area contributed by atoms with E-state index in [1.165, 1.54) is 16.9 Å². The molecule has 0 saturated carbocycles. The third kappa shape index (κ3) is 4.47. The first kappa shape index (κ1) is 19.2. The summed E-state index contributed by atoms with van der Waals surface area (Å²) in [4.78, 5) is 34.3. The molecule has 0 fully saturated rings. The van der Waals surface area contributed by atoms with Crippen LogP contribution in [-0.2, 0) is 29.9 Å². The van der Waals surface area contributed by atoms with Gasteiger partial charge in [0.2, 0.25) is 5.91 Å². The zero-order chi connectivity index (χ0) is 19.3. The molecule has 1 aromatic carbocycles. The van der Waals surface area contributed by atoms with E-state index in [0.717, 1.165) is 35.0 Å². The maximum Gasteiger partial charge on any atom is 0.259 e. The van der Waals surface area contributed by atoms with Gasteiger partial charge in [-0.25, -0.2) is 4.98 Å². The summed E-state index contributed by atoms with van der Waals surface area (Å²) in [6.45, 7) is 0.554. The minimum atomic E-state index is -0.0133. The molecule has 146 valence electrons. The van der Waals surface area contributed by atoms with Gasteiger partial charge in [0.15, 0.2) is 0 Å². The van der Waals surface area contributed by atoms with Crippen LogP contribution in [0.1, 0.15) is 41.1 Å². The minimum absolute atomic E-state index is 0.0133. The monoisotopic (exact) mass is 413 g/mol. The van der Waals surface area contributed by atoms with Gasteiger partial charge >= 0.3 is 0 Å². The summed E-state index contributed by atoms with van der Waals surface area (Å²) in [5, 5.41) is 3.73. The second-order valence-electron chi connectivity index (χ2n) is 6.97. The first-order valence-electron chi connectivity index (χ1n) is 9.62. The number of fused-ring (bicyclic) bond motifs is 3. The van der Waals surface area contributed by atoms with Crippen LogP contribution in [0.2, 0.25) is 0 Å². The Hall–Kier alpha value is -2.12. The molecule has 1 aliphatic carbocycles. The van der Waals surface area contributed by atoms with Gasteiger partial charge in [-0.1, -0.05) is 30.3 Å². The fourth-order valence-electron chi connectivity index (χ4n) is 3.50. The Balaban J connectivity index is 1.28. The lowest BCUT2D eigenvalue weighted by molar-refractivity contribution is -0.120. The number of aryl methyl sites for hydroxylation is 2. The molecule has 2 N–H and O–H groups in total. The van der Waals surface area contributed by atoms with Crippen molar-refractivity contribution in [2.45, 2.75) is 44.4 Å².